The molecule has 0 amide bonds. The average molecular weight is 423 g/mol. The highest BCUT2D eigenvalue weighted by atomic mass is 32.2. The van der Waals surface area contributed by atoms with E-state index in [0.717, 1.165) is 22.6 Å². The summed E-state index contributed by atoms with van der Waals surface area (Å²) in [4.78, 5) is 2.24. The summed E-state index contributed by atoms with van der Waals surface area (Å²) in [5.74, 6) is 0. The van der Waals surface area contributed by atoms with Gasteiger partial charge in [0, 0.05) is 53.8 Å². The maximum Gasteiger partial charge on any atom is 0.0695 e. The second-order valence-electron chi connectivity index (χ2n) is 6.59. The van der Waals surface area contributed by atoms with E-state index in [2.05, 4.69) is 69.3 Å². The van der Waals surface area contributed by atoms with E-state index >= 15 is 0 Å². The third-order valence-corrected chi connectivity index (χ3v) is 5.77. The molecule has 2 aromatic rings. The highest BCUT2D eigenvalue weighted by molar-refractivity contribution is 7.94. The van der Waals surface area contributed by atoms with Crippen LogP contribution in [0, 0.1) is 13.8 Å². The highest BCUT2D eigenvalue weighted by Crippen LogP contribution is 2.26. The number of hydrogen-bond donors (Lipinski definition) is 0. The summed E-state index contributed by atoms with van der Waals surface area (Å²) in [7, 11) is 1.75. The summed E-state index contributed by atoms with van der Waals surface area (Å²) in [5.41, 5.74) is 2.26. The van der Waals surface area contributed by atoms with Crippen LogP contribution in [0.15, 0.2) is 58.3 Å². The molecule has 0 spiro atoms. The summed E-state index contributed by atoms with van der Waals surface area (Å²) in [6, 6.07) is 16.7. The van der Waals surface area contributed by atoms with E-state index in [0.29, 0.717) is 13.2 Å². The van der Waals surface area contributed by atoms with Crippen LogP contribution < -0.4 is 0 Å². The molecule has 0 atom stereocenters. The van der Waals surface area contributed by atoms with E-state index in [1.165, 1.54) is 35.2 Å². The van der Waals surface area contributed by atoms with Gasteiger partial charge in [-0.2, -0.15) is 0 Å². The Kier molecular flexibility index (Phi) is 12.6. The summed E-state index contributed by atoms with van der Waals surface area (Å²) in [6.07, 6.45) is 1.64. The van der Waals surface area contributed by atoms with Gasteiger partial charge in [-0.25, -0.2) is 0 Å². The van der Waals surface area contributed by atoms with Crippen molar-refractivity contribution in [3.8, 4) is 0 Å². The number of methoxy groups -OCH3 is 1. The molecule has 2 aromatic carbocycles. The second kappa shape index (κ2) is 14.1. The Labute approximate surface area is 180 Å². The van der Waals surface area contributed by atoms with Crippen LogP contribution in [0.25, 0.3) is 0 Å². The maximum absolute atomic E-state index is 5.73. The smallest absolute Gasteiger partial charge is 0.0695 e. The second-order valence-corrected chi connectivity index (χ2v) is 8.34. The van der Waals surface area contributed by atoms with Crippen molar-refractivity contribution in [1.82, 2.24) is 0 Å². The molecule has 5 heteroatoms. The zero-order chi connectivity index (χ0) is 20.8. The maximum atomic E-state index is 5.73. The molecule has 0 aliphatic carbocycles. The first-order chi connectivity index (χ1) is 13.5. The zero-order valence-corrected chi connectivity index (χ0v) is 19.6. The standard InChI is InChI=1S/C21H28O3S2.C2H6/c1-17-5-9-19(10-6-17)25-23-15-13-21(3,22-4)14-16-24-26-20-11-7-18(2)8-12-20;1-2/h5-12H,13-16H2,1-4H3;1-2H3. The molecule has 0 heterocycles. The summed E-state index contributed by atoms with van der Waals surface area (Å²) < 4.78 is 17.2. The first-order valence-corrected chi connectivity index (χ1v) is 11.3. The van der Waals surface area contributed by atoms with Crippen LogP contribution in [0.3, 0.4) is 0 Å². The van der Waals surface area contributed by atoms with Crippen LogP contribution in [-0.4, -0.2) is 25.9 Å². The number of hydrogen-bond acceptors (Lipinski definition) is 5. The molecule has 0 N–H and O–H groups in total. The van der Waals surface area contributed by atoms with E-state index in [4.69, 9.17) is 13.1 Å². The van der Waals surface area contributed by atoms with Crippen molar-refractivity contribution in [2.24, 2.45) is 0 Å². The lowest BCUT2D eigenvalue weighted by Gasteiger charge is -2.27. The fourth-order valence-electron chi connectivity index (χ4n) is 2.25. The third-order valence-electron chi connectivity index (χ3n) is 4.27. The van der Waals surface area contributed by atoms with E-state index in [9.17, 15) is 0 Å². The molecule has 0 aromatic heterocycles. The molecular formula is C23H34O3S2. The summed E-state index contributed by atoms with van der Waals surface area (Å²) >= 11 is 2.83. The van der Waals surface area contributed by atoms with Gasteiger partial charge in [0.2, 0.25) is 0 Å². The average Bonchev–Trinajstić information content (AvgIpc) is 2.73. The molecule has 28 heavy (non-hydrogen) atoms. The van der Waals surface area contributed by atoms with Crippen LogP contribution >= 0.6 is 24.1 Å². The predicted octanol–water partition coefficient (Wildman–Crippen LogP) is 7.26. The fraction of sp³-hybridized carbons (Fsp3) is 0.478. The predicted molar refractivity (Wildman–Crippen MR) is 122 cm³/mol. The first-order valence-electron chi connectivity index (χ1n) is 9.78. The van der Waals surface area contributed by atoms with Gasteiger partial charge in [-0.15, -0.1) is 0 Å². The van der Waals surface area contributed by atoms with Crippen molar-refractivity contribution >= 4 is 24.1 Å². The molecule has 0 fully saturated rings. The SMILES string of the molecule is CC.COC(C)(CCOSc1ccc(C)cc1)CCOSc1ccc(C)cc1. The van der Waals surface area contributed by atoms with E-state index in [1.807, 2.05) is 13.8 Å². The lowest BCUT2D eigenvalue weighted by Crippen LogP contribution is -2.30. The van der Waals surface area contributed by atoms with Gasteiger partial charge in [0.25, 0.3) is 0 Å². The Morgan fingerprint density at radius 3 is 1.39 bits per heavy atom. The lowest BCUT2D eigenvalue weighted by atomic mass is 9.99. The van der Waals surface area contributed by atoms with Crippen LogP contribution in [0.1, 0.15) is 44.7 Å². The van der Waals surface area contributed by atoms with Gasteiger partial charge in [0.05, 0.1) is 18.8 Å². The van der Waals surface area contributed by atoms with Gasteiger partial charge in [0.15, 0.2) is 0 Å². The van der Waals surface area contributed by atoms with Crippen molar-refractivity contribution in [3.63, 3.8) is 0 Å². The van der Waals surface area contributed by atoms with E-state index in [1.54, 1.807) is 7.11 Å². The lowest BCUT2D eigenvalue weighted by molar-refractivity contribution is -0.0226. The van der Waals surface area contributed by atoms with Crippen molar-refractivity contribution in [3.05, 3.63) is 59.7 Å². The Hall–Kier alpha value is -0.980. The Balaban J connectivity index is 0.00000190. The molecule has 0 radical (unpaired) electrons. The van der Waals surface area contributed by atoms with E-state index < -0.39 is 0 Å². The van der Waals surface area contributed by atoms with Gasteiger partial charge in [-0.3, -0.25) is 0 Å². The monoisotopic (exact) mass is 422 g/mol. The van der Waals surface area contributed by atoms with Gasteiger partial charge >= 0.3 is 0 Å². The molecular weight excluding hydrogens is 388 g/mol. The Bertz CT molecular complexity index is 588. The minimum atomic E-state index is -0.248. The summed E-state index contributed by atoms with van der Waals surface area (Å²) in [6.45, 7) is 11.5. The minimum absolute atomic E-state index is 0.248. The molecule has 0 bridgehead atoms. The van der Waals surface area contributed by atoms with Crippen molar-refractivity contribution in [2.45, 2.75) is 62.9 Å². The van der Waals surface area contributed by atoms with Gasteiger partial charge in [-0.1, -0.05) is 49.2 Å². The van der Waals surface area contributed by atoms with Gasteiger partial charge in [0.1, 0.15) is 0 Å². The Morgan fingerprint density at radius 1 is 0.714 bits per heavy atom. The minimum Gasteiger partial charge on any atom is -0.378 e. The molecule has 156 valence electrons. The largest absolute Gasteiger partial charge is 0.378 e. The normalized spacial score (nSPS) is 11.1. The van der Waals surface area contributed by atoms with Crippen molar-refractivity contribution in [1.29, 1.82) is 0 Å². The van der Waals surface area contributed by atoms with Crippen LogP contribution in [0.2, 0.25) is 0 Å². The topological polar surface area (TPSA) is 27.7 Å². The zero-order valence-electron chi connectivity index (χ0n) is 18.0. The van der Waals surface area contributed by atoms with Gasteiger partial charge < -0.3 is 13.1 Å². The molecule has 0 aliphatic rings. The molecule has 0 aliphatic heterocycles. The van der Waals surface area contributed by atoms with Gasteiger partial charge in [-0.05, 0) is 45.0 Å². The van der Waals surface area contributed by atoms with Crippen molar-refractivity contribution < 1.29 is 13.1 Å². The van der Waals surface area contributed by atoms with Crippen LogP contribution in [0.4, 0.5) is 0 Å². The number of aryl methyl sites for hydroxylation is 2. The summed E-state index contributed by atoms with van der Waals surface area (Å²) in [5, 5.41) is 0. The highest BCUT2D eigenvalue weighted by Gasteiger charge is 2.23. The number of rotatable bonds is 11. The quantitative estimate of drug-likeness (QED) is 0.280. The molecule has 0 saturated heterocycles. The first kappa shape index (κ1) is 25.1. The molecule has 0 unspecified atom stereocenters. The van der Waals surface area contributed by atoms with Crippen LogP contribution in [-0.2, 0) is 13.1 Å². The van der Waals surface area contributed by atoms with E-state index in [-0.39, 0.29) is 5.60 Å². The van der Waals surface area contributed by atoms with Crippen molar-refractivity contribution in [2.75, 3.05) is 20.3 Å². The Morgan fingerprint density at radius 2 is 1.07 bits per heavy atom. The number of ether oxygens (including phenoxy) is 1. The fourth-order valence-corrected chi connectivity index (χ4v) is 3.35. The molecule has 0 saturated carbocycles. The van der Waals surface area contributed by atoms with Crippen LogP contribution in [0.5, 0.6) is 0 Å². The molecule has 2 rings (SSSR count). The third kappa shape index (κ3) is 9.99. The molecule has 3 nitrogen and oxygen atoms in total. The number of benzene rings is 2.